The van der Waals surface area contributed by atoms with Crippen LogP contribution in [0.5, 0.6) is 0 Å². The molecular formula is C11H14N4OS. The van der Waals surface area contributed by atoms with Crippen molar-refractivity contribution in [2.45, 2.75) is 25.8 Å². The van der Waals surface area contributed by atoms with Gasteiger partial charge in [-0.1, -0.05) is 12.2 Å². The number of nitrogens with two attached hydrogens (primary N) is 1. The normalized spacial score (nSPS) is 10.8. The smallest absolute Gasteiger partial charge is 0.276 e. The Labute approximate surface area is 104 Å². The van der Waals surface area contributed by atoms with E-state index in [1.165, 1.54) is 0 Å². The lowest BCUT2D eigenvalue weighted by molar-refractivity contribution is 0.599. The highest BCUT2D eigenvalue weighted by atomic mass is 32.1. The van der Waals surface area contributed by atoms with Gasteiger partial charge in [-0.15, -0.1) is 0 Å². The van der Waals surface area contributed by atoms with Crippen LogP contribution in [0.15, 0.2) is 29.5 Å². The lowest BCUT2D eigenvalue weighted by Gasteiger charge is -2.05. The van der Waals surface area contributed by atoms with Crippen LogP contribution in [0.25, 0.3) is 5.52 Å². The van der Waals surface area contributed by atoms with Gasteiger partial charge in [0, 0.05) is 18.9 Å². The van der Waals surface area contributed by atoms with E-state index in [0.717, 1.165) is 19.3 Å². The molecule has 0 spiro atoms. The number of aromatic nitrogens is 3. The summed E-state index contributed by atoms with van der Waals surface area (Å²) in [6.45, 7) is 0.684. The van der Waals surface area contributed by atoms with Crippen LogP contribution in [0.3, 0.4) is 0 Å². The number of fused-ring (bicyclic) bond motifs is 1. The first kappa shape index (κ1) is 11.8. The maximum atomic E-state index is 12.0. The summed E-state index contributed by atoms with van der Waals surface area (Å²) in [6, 6.07) is 1.72. The SMILES string of the molecule is NC(=S)CCCCn1ccn2nccc2c1=O. The predicted molar refractivity (Wildman–Crippen MR) is 70.1 cm³/mol. The Bertz CT molecular complexity index is 586. The Balaban J connectivity index is 2.06. The Kier molecular flexibility index (Phi) is 3.53. The third kappa shape index (κ3) is 2.71. The molecule has 0 bridgehead atoms. The Morgan fingerprint density at radius 1 is 1.41 bits per heavy atom. The van der Waals surface area contributed by atoms with Crippen molar-refractivity contribution in [1.82, 2.24) is 14.2 Å². The Morgan fingerprint density at radius 2 is 2.24 bits per heavy atom. The lowest BCUT2D eigenvalue weighted by Crippen LogP contribution is -2.21. The van der Waals surface area contributed by atoms with Crippen LogP contribution in [-0.4, -0.2) is 19.2 Å². The Hall–Kier alpha value is -1.69. The van der Waals surface area contributed by atoms with Gasteiger partial charge in [-0.05, 0) is 25.3 Å². The molecule has 0 saturated carbocycles. The van der Waals surface area contributed by atoms with Gasteiger partial charge < -0.3 is 10.3 Å². The molecule has 2 N–H and O–H groups in total. The van der Waals surface area contributed by atoms with E-state index in [1.54, 1.807) is 33.7 Å². The monoisotopic (exact) mass is 250 g/mol. The van der Waals surface area contributed by atoms with Crippen molar-refractivity contribution in [1.29, 1.82) is 0 Å². The molecule has 2 aromatic rings. The molecule has 0 unspecified atom stereocenters. The van der Waals surface area contributed by atoms with Crippen LogP contribution >= 0.6 is 12.2 Å². The lowest BCUT2D eigenvalue weighted by atomic mass is 10.2. The Morgan fingerprint density at radius 3 is 3.00 bits per heavy atom. The molecule has 0 radical (unpaired) electrons. The van der Waals surface area contributed by atoms with Gasteiger partial charge in [0.25, 0.3) is 5.56 Å². The maximum Gasteiger partial charge on any atom is 0.276 e. The molecule has 0 aliphatic heterocycles. The summed E-state index contributed by atoms with van der Waals surface area (Å²) in [5, 5.41) is 4.01. The van der Waals surface area contributed by atoms with Crippen LogP contribution in [0, 0.1) is 0 Å². The molecule has 0 atom stereocenters. The van der Waals surface area contributed by atoms with E-state index in [9.17, 15) is 4.79 Å². The molecule has 0 amide bonds. The quantitative estimate of drug-likeness (QED) is 0.634. The molecule has 2 rings (SSSR count). The molecule has 0 aromatic carbocycles. The summed E-state index contributed by atoms with van der Waals surface area (Å²) in [7, 11) is 0. The van der Waals surface area contributed by atoms with E-state index in [0.29, 0.717) is 17.0 Å². The number of unbranched alkanes of at least 4 members (excludes halogenated alkanes) is 1. The number of aryl methyl sites for hydroxylation is 1. The van der Waals surface area contributed by atoms with E-state index in [1.807, 2.05) is 0 Å². The van der Waals surface area contributed by atoms with Crippen LogP contribution in [-0.2, 0) is 6.54 Å². The summed E-state index contributed by atoms with van der Waals surface area (Å²) in [5.74, 6) is 0. The molecule has 0 aliphatic rings. The minimum absolute atomic E-state index is 0.0136. The zero-order valence-electron chi connectivity index (χ0n) is 9.37. The fraction of sp³-hybridized carbons (Fsp3) is 0.364. The third-order valence-electron chi connectivity index (χ3n) is 2.61. The molecule has 0 fully saturated rings. The van der Waals surface area contributed by atoms with E-state index < -0.39 is 0 Å². The minimum atomic E-state index is -0.0136. The average Bonchev–Trinajstić information content (AvgIpc) is 2.75. The van der Waals surface area contributed by atoms with Gasteiger partial charge >= 0.3 is 0 Å². The highest BCUT2D eigenvalue weighted by molar-refractivity contribution is 7.80. The van der Waals surface area contributed by atoms with Gasteiger partial charge in [0.05, 0.1) is 11.2 Å². The molecule has 90 valence electrons. The van der Waals surface area contributed by atoms with Crippen molar-refractivity contribution in [2.75, 3.05) is 0 Å². The van der Waals surface area contributed by atoms with Crippen LogP contribution in [0.4, 0.5) is 0 Å². The van der Waals surface area contributed by atoms with E-state index in [2.05, 4.69) is 5.10 Å². The predicted octanol–water partition coefficient (Wildman–Crippen LogP) is 0.952. The molecule has 2 aromatic heterocycles. The summed E-state index contributed by atoms with van der Waals surface area (Å²) in [6.07, 6.45) is 7.69. The van der Waals surface area contributed by atoms with Crippen LogP contribution in [0.1, 0.15) is 19.3 Å². The standard InChI is InChI=1S/C11H14N4OS/c12-10(17)3-1-2-6-14-7-8-15-9(11(14)16)4-5-13-15/h4-5,7-8H,1-3,6H2,(H2,12,17). The van der Waals surface area contributed by atoms with Crippen molar-refractivity contribution in [3.8, 4) is 0 Å². The molecule has 2 heterocycles. The number of thiocarbonyl (C=S) groups is 1. The fourth-order valence-corrected chi connectivity index (χ4v) is 1.86. The summed E-state index contributed by atoms with van der Waals surface area (Å²) < 4.78 is 3.27. The first-order valence-corrected chi connectivity index (χ1v) is 5.90. The molecule has 17 heavy (non-hydrogen) atoms. The maximum absolute atomic E-state index is 12.0. The van der Waals surface area contributed by atoms with Crippen molar-refractivity contribution < 1.29 is 0 Å². The minimum Gasteiger partial charge on any atom is -0.393 e. The van der Waals surface area contributed by atoms with Crippen molar-refractivity contribution >= 4 is 22.7 Å². The second-order valence-electron chi connectivity index (χ2n) is 3.88. The molecule has 0 saturated heterocycles. The number of rotatable bonds is 5. The zero-order chi connectivity index (χ0) is 12.3. The van der Waals surface area contributed by atoms with Gasteiger partial charge in [0.15, 0.2) is 0 Å². The van der Waals surface area contributed by atoms with E-state index in [-0.39, 0.29) is 5.56 Å². The van der Waals surface area contributed by atoms with Crippen LogP contribution in [0.2, 0.25) is 0 Å². The zero-order valence-corrected chi connectivity index (χ0v) is 10.2. The topological polar surface area (TPSA) is 65.3 Å². The summed E-state index contributed by atoms with van der Waals surface area (Å²) >= 11 is 4.80. The van der Waals surface area contributed by atoms with E-state index in [4.69, 9.17) is 18.0 Å². The highest BCUT2D eigenvalue weighted by Crippen LogP contribution is 1.99. The second kappa shape index (κ2) is 5.09. The second-order valence-corrected chi connectivity index (χ2v) is 4.41. The van der Waals surface area contributed by atoms with Crippen molar-refractivity contribution in [2.24, 2.45) is 5.73 Å². The molecule has 5 nitrogen and oxygen atoms in total. The van der Waals surface area contributed by atoms with Gasteiger partial charge in [-0.2, -0.15) is 5.10 Å². The number of hydrogen-bond donors (Lipinski definition) is 1. The van der Waals surface area contributed by atoms with Gasteiger partial charge in [-0.3, -0.25) is 4.79 Å². The summed E-state index contributed by atoms with van der Waals surface area (Å²) in [5.41, 5.74) is 6.00. The van der Waals surface area contributed by atoms with Crippen molar-refractivity contribution in [3.05, 3.63) is 35.0 Å². The third-order valence-corrected chi connectivity index (χ3v) is 2.81. The van der Waals surface area contributed by atoms with Gasteiger partial charge in [0.1, 0.15) is 5.52 Å². The first-order chi connectivity index (χ1) is 8.18. The number of hydrogen-bond acceptors (Lipinski definition) is 3. The average molecular weight is 250 g/mol. The molecular weight excluding hydrogens is 236 g/mol. The summed E-state index contributed by atoms with van der Waals surface area (Å²) in [4.78, 5) is 12.5. The van der Waals surface area contributed by atoms with Gasteiger partial charge in [0.2, 0.25) is 0 Å². The molecule has 6 heteroatoms. The van der Waals surface area contributed by atoms with Gasteiger partial charge in [-0.25, -0.2) is 4.52 Å². The van der Waals surface area contributed by atoms with Crippen molar-refractivity contribution in [3.63, 3.8) is 0 Å². The fourth-order valence-electron chi connectivity index (χ4n) is 1.72. The van der Waals surface area contributed by atoms with Crippen LogP contribution < -0.4 is 11.3 Å². The highest BCUT2D eigenvalue weighted by Gasteiger charge is 2.02. The number of nitrogens with zero attached hydrogens (tertiary/aromatic N) is 3. The largest absolute Gasteiger partial charge is 0.393 e. The van der Waals surface area contributed by atoms with E-state index >= 15 is 0 Å². The molecule has 0 aliphatic carbocycles. The first-order valence-electron chi connectivity index (χ1n) is 5.49.